The zero-order valence-corrected chi connectivity index (χ0v) is 20.5. The van der Waals surface area contributed by atoms with Crippen LogP contribution in [0.25, 0.3) is 0 Å². The highest BCUT2D eigenvalue weighted by molar-refractivity contribution is 7.89. The molecule has 194 valence electrons. The Morgan fingerprint density at radius 2 is 1.72 bits per heavy atom. The number of amides is 2. The summed E-state index contributed by atoms with van der Waals surface area (Å²) in [5.74, 6) is -4.55. The number of hydrogen-bond donors (Lipinski definition) is 1. The molecule has 0 aliphatic carbocycles. The van der Waals surface area contributed by atoms with Crippen LogP contribution in [0.3, 0.4) is 0 Å². The fourth-order valence-corrected chi connectivity index (χ4v) is 5.39. The van der Waals surface area contributed by atoms with Crippen LogP contribution in [-0.2, 0) is 19.6 Å². The number of halogens is 2. The number of carboxylic acids is 1. The molecule has 0 unspecified atom stereocenters. The van der Waals surface area contributed by atoms with Crippen molar-refractivity contribution in [2.45, 2.75) is 36.7 Å². The van der Waals surface area contributed by atoms with Gasteiger partial charge in [0.25, 0.3) is 0 Å². The molecule has 2 aromatic carbocycles. The van der Waals surface area contributed by atoms with Crippen LogP contribution in [0.2, 0.25) is 0 Å². The predicted octanol–water partition coefficient (Wildman–Crippen LogP) is 2.68. The van der Waals surface area contributed by atoms with Crippen LogP contribution in [0.5, 0.6) is 5.75 Å². The number of aliphatic carboxylic acids is 1. The van der Waals surface area contributed by atoms with Gasteiger partial charge in [0.1, 0.15) is 17.8 Å². The Labute approximate surface area is 206 Å². The summed E-state index contributed by atoms with van der Waals surface area (Å²) < 4.78 is 59.4. The number of carbonyl (C=O) groups is 3. The van der Waals surface area contributed by atoms with E-state index in [9.17, 15) is 36.7 Å². The molecule has 2 atom stereocenters. The van der Waals surface area contributed by atoms with E-state index >= 15 is 0 Å². The van der Waals surface area contributed by atoms with E-state index in [4.69, 9.17) is 4.74 Å². The lowest BCUT2D eigenvalue weighted by Crippen LogP contribution is -2.52. The number of ether oxygens (including phenoxy) is 1. The summed E-state index contributed by atoms with van der Waals surface area (Å²) in [5, 5.41) is 9.62. The van der Waals surface area contributed by atoms with Crippen LogP contribution in [0.1, 0.15) is 19.8 Å². The third kappa shape index (κ3) is 5.46. The highest BCUT2D eigenvalue weighted by atomic mass is 32.2. The third-order valence-corrected chi connectivity index (χ3v) is 7.56. The quantitative estimate of drug-likeness (QED) is 0.589. The van der Waals surface area contributed by atoms with Crippen molar-refractivity contribution in [3.05, 3.63) is 54.1 Å². The van der Waals surface area contributed by atoms with Gasteiger partial charge in [0.2, 0.25) is 15.9 Å². The Morgan fingerprint density at radius 1 is 1.08 bits per heavy atom. The molecule has 1 aliphatic rings. The highest BCUT2D eigenvalue weighted by Crippen LogP contribution is 2.31. The first-order chi connectivity index (χ1) is 16.8. The lowest BCUT2D eigenvalue weighted by Gasteiger charge is -2.32. The van der Waals surface area contributed by atoms with Gasteiger partial charge in [-0.3, -0.25) is 9.69 Å². The first kappa shape index (κ1) is 27.0. The van der Waals surface area contributed by atoms with Gasteiger partial charge in [0.15, 0.2) is 11.6 Å². The minimum Gasteiger partial charge on any atom is -0.480 e. The van der Waals surface area contributed by atoms with Crippen molar-refractivity contribution in [1.29, 1.82) is 0 Å². The maximum atomic E-state index is 13.7. The van der Waals surface area contributed by atoms with Crippen LogP contribution in [0.4, 0.5) is 19.3 Å². The van der Waals surface area contributed by atoms with Crippen LogP contribution in [0.15, 0.2) is 47.4 Å². The molecule has 0 aromatic heterocycles. The van der Waals surface area contributed by atoms with Gasteiger partial charge < -0.3 is 14.7 Å². The molecule has 1 fully saturated rings. The van der Waals surface area contributed by atoms with Gasteiger partial charge in [-0.05, 0) is 62.2 Å². The van der Waals surface area contributed by atoms with Crippen molar-refractivity contribution in [2.75, 3.05) is 25.5 Å². The Hall–Kier alpha value is -3.58. The largest absolute Gasteiger partial charge is 0.480 e. The molecular formula is C23H25F2N3O7S. The molecule has 0 radical (unpaired) electrons. The summed E-state index contributed by atoms with van der Waals surface area (Å²) in [6.45, 7) is 1.20. The zero-order valence-electron chi connectivity index (χ0n) is 19.7. The second-order valence-electron chi connectivity index (χ2n) is 8.33. The van der Waals surface area contributed by atoms with Crippen molar-refractivity contribution in [3.63, 3.8) is 0 Å². The molecule has 1 N–H and O–H groups in total. The summed E-state index contributed by atoms with van der Waals surface area (Å²) in [6.07, 6.45) is -0.240. The number of carbonyl (C=O) groups excluding carboxylic acids is 2. The predicted molar refractivity (Wildman–Crippen MR) is 124 cm³/mol. The van der Waals surface area contributed by atoms with E-state index in [1.54, 1.807) is 0 Å². The maximum absolute atomic E-state index is 13.7. The smallest absolute Gasteiger partial charge is 0.414 e. The minimum absolute atomic E-state index is 0.0630. The van der Waals surface area contributed by atoms with Gasteiger partial charge in [-0.25, -0.2) is 26.8 Å². The number of rotatable bonds is 7. The number of anilines is 1. The molecule has 2 amide bonds. The number of benzene rings is 2. The first-order valence-electron chi connectivity index (χ1n) is 10.9. The van der Waals surface area contributed by atoms with Crippen LogP contribution < -0.4 is 9.64 Å². The number of hydrogen-bond acceptors (Lipinski definition) is 6. The Kier molecular flexibility index (Phi) is 7.94. The van der Waals surface area contributed by atoms with Crippen LogP contribution in [-0.4, -0.2) is 73.4 Å². The number of carboxylic acid groups (broad SMARTS) is 1. The van der Waals surface area contributed by atoms with Gasteiger partial charge in [0, 0.05) is 26.3 Å². The van der Waals surface area contributed by atoms with Crippen molar-refractivity contribution in [2.24, 2.45) is 0 Å². The molecule has 0 bridgehead atoms. The lowest BCUT2D eigenvalue weighted by atomic mass is 10.1. The number of sulfonamides is 1. The van der Waals surface area contributed by atoms with E-state index in [2.05, 4.69) is 0 Å². The van der Waals surface area contributed by atoms with E-state index < -0.39 is 56.6 Å². The summed E-state index contributed by atoms with van der Waals surface area (Å²) in [6, 6.07) is 4.97. The average molecular weight is 526 g/mol. The van der Waals surface area contributed by atoms with E-state index in [1.165, 1.54) is 50.2 Å². The molecule has 10 nitrogen and oxygen atoms in total. The average Bonchev–Trinajstić information content (AvgIpc) is 3.32. The molecule has 1 aliphatic heterocycles. The molecule has 36 heavy (non-hydrogen) atoms. The fraction of sp³-hybridized carbons (Fsp3) is 0.348. The molecular weight excluding hydrogens is 500 g/mol. The molecule has 3 rings (SSSR count). The van der Waals surface area contributed by atoms with Crippen molar-refractivity contribution < 1.29 is 41.4 Å². The normalized spacial score (nSPS) is 16.9. The molecule has 0 saturated carbocycles. The third-order valence-electron chi connectivity index (χ3n) is 5.65. The zero-order chi connectivity index (χ0) is 26.8. The Morgan fingerprint density at radius 3 is 2.28 bits per heavy atom. The first-order valence-corrected chi connectivity index (χ1v) is 12.3. The SMILES string of the molecule is C[C@@H](C(=O)O)N(C(=O)[C@@H]1CCCN1S(=O)(=O)c1ccc(F)c(F)c1)c1ccc(OC(=O)N(C)C)cc1. The summed E-state index contributed by atoms with van der Waals surface area (Å²) in [4.78, 5) is 38.8. The molecule has 2 aromatic rings. The minimum atomic E-state index is -4.39. The summed E-state index contributed by atoms with van der Waals surface area (Å²) in [7, 11) is -1.41. The second-order valence-corrected chi connectivity index (χ2v) is 10.2. The summed E-state index contributed by atoms with van der Waals surface area (Å²) >= 11 is 0. The lowest BCUT2D eigenvalue weighted by molar-refractivity contribution is -0.140. The van der Waals surface area contributed by atoms with E-state index in [1.807, 2.05) is 0 Å². The number of nitrogens with zero attached hydrogens (tertiary/aromatic N) is 3. The van der Waals surface area contributed by atoms with E-state index in [0.29, 0.717) is 18.6 Å². The molecule has 0 spiro atoms. The topological polar surface area (TPSA) is 125 Å². The maximum Gasteiger partial charge on any atom is 0.414 e. The summed E-state index contributed by atoms with van der Waals surface area (Å²) in [5.41, 5.74) is 0.136. The highest BCUT2D eigenvalue weighted by Gasteiger charge is 2.43. The van der Waals surface area contributed by atoms with Crippen molar-refractivity contribution in [1.82, 2.24) is 9.21 Å². The molecule has 1 saturated heterocycles. The molecule has 13 heteroatoms. The Balaban J connectivity index is 1.94. The van der Waals surface area contributed by atoms with E-state index in [0.717, 1.165) is 15.3 Å². The fourth-order valence-electron chi connectivity index (χ4n) is 3.73. The van der Waals surface area contributed by atoms with Crippen molar-refractivity contribution in [3.8, 4) is 5.75 Å². The van der Waals surface area contributed by atoms with Gasteiger partial charge in [0.05, 0.1) is 4.90 Å². The Bertz CT molecular complexity index is 1270. The monoisotopic (exact) mass is 525 g/mol. The van der Waals surface area contributed by atoms with Gasteiger partial charge in [-0.1, -0.05) is 0 Å². The van der Waals surface area contributed by atoms with Crippen molar-refractivity contribution >= 4 is 33.7 Å². The van der Waals surface area contributed by atoms with Gasteiger partial charge in [-0.2, -0.15) is 4.31 Å². The van der Waals surface area contributed by atoms with Crippen LogP contribution >= 0.6 is 0 Å². The van der Waals surface area contributed by atoms with Crippen LogP contribution in [0, 0.1) is 11.6 Å². The standard InChI is InChI=1S/C23H25F2N3O7S/c1-14(22(30)31)28(15-6-8-16(9-7-15)35-23(32)26(2)3)21(29)20-5-4-12-27(20)36(33,34)17-10-11-18(24)19(25)13-17/h6-11,13-14,20H,4-5,12H2,1-3H3,(H,30,31)/t14-,20-/m0/s1. The molecule has 1 heterocycles. The van der Waals surface area contributed by atoms with Gasteiger partial charge in [-0.15, -0.1) is 0 Å². The van der Waals surface area contributed by atoms with Gasteiger partial charge >= 0.3 is 12.1 Å². The van der Waals surface area contributed by atoms with E-state index in [-0.39, 0.29) is 24.4 Å². The second kappa shape index (κ2) is 10.6.